The minimum Gasteiger partial charge on any atom is -0.443 e. The molecule has 3 heteroatoms. The molecule has 2 aliphatic rings. The van der Waals surface area contributed by atoms with Gasteiger partial charge in [0.25, 0.3) is 0 Å². The fraction of sp³-hybridized carbons (Fsp3) is 0.950. The van der Waals surface area contributed by atoms with E-state index in [9.17, 15) is 4.79 Å². The van der Waals surface area contributed by atoms with E-state index in [1.54, 1.807) is 0 Å². The van der Waals surface area contributed by atoms with Crippen molar-refractivity contribution in [1.82, 2.24) is 5.32 Å². The average molecular weight is 324 g/mol. The molecule has 0 aromatic rings. The van der Waals surface area contributed by atoms with E-state index in [2.05, 4.69) is 26.1 Å². The van der Waals surface area contributed by atoms with E-state index < -0.39 is 0 Å². The highest BCUT2D eigenvalue weighted by Crippen LogP contribution is 2.56. The molecule has 0 aromatic heterocycles. The van der Waals surface area contributed by atoms with Crippen molar-refractivity contribution in [2.24, 2.45) is 17.8 Å². The summed E-state index contributed by atoms with van der Waals surface area (Å²) < 4.78 is 5.78. The number of ether oxygens (including phenoxy) is 1. The number of carbonyl (C=O) groups excluding carboxylic acids is 1. The Kier molecular flexibility index (Phi) is 7.23. The summed E-state index contributed by atoms with van der Waals surface area (Å²) in [5.41, 5.74) is -0.315. The number of rotatable bonds is 10. The van der Waals surface area contributed by atoms with Crippen molar-refractivity contribution in [3.63, 3.8) is 0 Å². The molecule has 0 aromatic carbocycles. The standard InChI is InChI=1S/C20H37NO2/c1-4-5-6-7-8-9-10-14-21-19(22)23-20(2,3)18-13-11-12-16-15-17(16)18/h16-18H,4-15H2,1-3H3,(H,21,22). The second-order valence-electron chi connectivity index (χ2n) is 8.24. The van der Waals surface area contributed by atoms with Crippen molar-refractivity contribution in [1.29, 1.82) is 0 Å². The Labute approximate surface area is 142 Å². The van der Waals surface area contributed by atoms with Crippen molar-refractivity contribution in [2.75, 3.05) is 6.54 Å². The first-order valence-corrected chi connectivity index (χ1v) is 10.0. The first kappa shape index (κ1) is 18.6. The molecule has 0 radical (unpaired) electrons. The van der Waals surface area contributed by atoms with Crippen molar-refractivity contribution in [3.05, 3.63) is 0 Å². The summed E-state index contributed by atoms with van der Waals surface area (Å²) in [6.45, 7) is 7.20. The Hall–Kier alpha value is -0.730. The van der Waals surface area contributed by atoms with E-state index in [1.165, 1.54) is 64.2 Å². The number of unbranched alkanes of at least 4 members (excludes halogenated alkanes) is 6. The van der Waals surface area contributed by atoms with E-state index >= 15 is 0 Å². The lowest BCUT2D eigenvalue weighted by molar-refractivity contribution is -0.0242. The maximum absolute atomic E-state index is 12.1. The molecule has 23 heavy (non-hydrogen) atoms. The van der Waals surface area contributed by atoms with Gasteiger partial charge in [-0.15, -0.1) is 0 Å². The third-order valence-corrected chi connectivity index (χ3v) is 5.88. The minimum absolute atomic E-state index is 0.219. The monoisotopic (exact) mass is 323 g/mol. The molecule has 3 nitrogen and oxygen atoms in total. The molecule has 2 aliphatic carbocycles. The molecule has 0 saturated heterocycles. The number of amides is 1. The van der Waals surface area contributed by atoms with Crippen LogP contribution in [-0.4, -0.2) is 18.2 Å². The number of hydrogen-bond donors (Lipinski definition) is 1. The van der Waals surface area contributed by atoms with Crippen LogP contribution < -0.4 is 5.32 Å². The zero-order chi connectivity index (χ0) is 16.7. The fourth-order valence-corrected chi connectivity index (χ4v) is 4.40. The molecule has 0 bridgehead atoms. The Bertz CT molecular complexity index is 367. The predicted octanol–water partition coefficient (Wildman–Crippen LogP) is 5.68. The second kappa shape index (κ2) is 8.94. The third kappa shape index (κ3) is 6.00. The van der Waals surface area contributed by atoms with Crippen LogP contribution in [0.2, 0.25) is 0 Å². The Balaban J connectivity index is 1.55. The van der Waals surface area contributed by atoms with Crippen LogP contribution in [0.15, 0.2) is 0 Å². The summed E-state index contributed by atoms with van der Waals surface area (Å²) in [4.78, 5) is 12.1. The first-order valence-electron chi connectivity index (χ1n) is 10.0. The Morgan fingerprint density at radius 1 is 1.09 bits per heavy atom. The van der Waals surface area contributed by atoms with Gasteiger partial charge in [-0.25, -0.2) is 4.79 Å². The maximum Gasteiger partial charge on any atom is 0.407 e. The van der Waals surface area contributed by atoms with Crippen molar-refractivity contribution in [2.45, 2.75) is 97.0 Å². The van der Waals surface area contributed by atoms with Gasteiger partial charge in [0.05, 0.1) is 0 Å². The van der Waals surface area contributed by atoms with Gasteiger partial charge in [-0.05, 0) is 44.9 Å². The summed E-state index contributed by atoms with van der Waals surface area (Å²) in [7, 11) is 0. The molecule has 0 spiro atoms. The van der Waals surface area contributed by atoms with Gasteiger partial charge in [0, 0.05) is 12.5 Å². The first-order chi connectivity index (χ1) is 11.0. The van der Waals surface area contributed by atoms with E-state index in [4.69, 9.17) is 4.74 Å². The summed E-state index contributed by atoms with van der Waals surface area (Å²) in [5.74, 6) is 2.30. The minimum atomic E-state index is -0.315. The van der Waals surface area contributed by atoms with Crippen LogP contribution in [-0.2, 0) is 4.74 Å². The van der Waals surface area contributed by atoms with Crippen LogP contribution in [0.5, 0.6) is 0 Å². The van der Waals surface area contributed by atoms with Crippen LogP contribution in [0.3, 0.4) is 0 Å². The molecular weight excluding hydrogens is 286 g/mol. The SMILES string of the molecule is CCCCCCCCCNC(=O)OC(C)(C)C1CCCC2CC21. The molecule has 134 valence electrons. The summed E-state index contributed by atoms with van der Waals surface area (Å²) in [6, 6.07) is 0. The third-order valence-electron chi connectivity index (χ3n) is 5.88. The van der Waals surface area contributed by atoms with Crippen LogP contribution in [0, 0.1) is 17.8 Å². The molecule has 3 unspecified atom stereocenters. The number of carbonyl (C=O) groups is 1. The van der Waals surface area contributed by atoms with E-state index in [-0.39, 0.29) is 11.7 Å². The summed E-state index contributed by atoms with van der Waals surface area (Å²) in [5, 5.41) is 2.95. The largest absolute Gasteiger partial charge is 0.443 e. The van der Waals surface area contributed by atoms with Gasteiger partial charge in [-0.3, -0.25) is 0 Å². The Morgan fingerprint density at radius 3 is 2.52 bits per heavy atom. The molecule has 0 aliphatic heterocycles. The highest BCUT2D eigenvalue weighted by atomic mass is 16.6. The van der Waals surface area contributed by atoms with Gasteiger partial charge in [0.15, 0.2) is 0 Å². The second-order valence-corrected chi connectivity index (χ2v) is 8.24. The molecule has 2 rings (SSSR count). The number of hydrogen-bond acceptors (Lipinski definition) is 2. The lowest BCUT2D eigenvalue weighted by atomic mass is 9.78. The smallest absolute Gasteiger partial charge is 0.407 e. The number of fused-ring (bicyclic) bond motifs is 1. The maximum atomic E-state index is 12.1. The summed E-state index contributed by atoms with van der Waals surface area (Å²) >= 11 is 0. The number of nitrogens with one attached hydrogen (secondary N) is 1. The van der Waals surface area contributed by atoms with Crippen LogP contribution in [0.25, 0.3) is 0 Å². The van der Waals surface area contributed by atoms with Crippen molar-refractivity contribution >= 4 is 6.09 Å². The van der Waals surface area contributed by atoms with E-state index in [0.29, 0.717) is 5.92 Å². The summed E-state index contributed by atoms with van der Waals surface area (Å²) in [6.07, 6.45) is 13.9. The molecule has 2 saturated carbocycles. The topological polar surface area (TPSA) is 38.3 Å². The highest BCUT2D eigenvalue weighted by Gasteiger charge is 2.51. The van der Waals surface area contributed by atoms with E-state index in [0.717, 1.165) is 24.8 Å². The normalized spacial score (nSPS) is 26.5. The van der Waals surface area contributed by atoms with Gasteiger partial charge < -0.3 is 10.1 Å². The van der Waals surface area contributed by atoms with Crippen molar-refractivity contribution in [3.8, 4) is 0 Å². The van der Waals surface area contributed by atoms with Crippen LogP contribution in [0.1, 0.15) is 91.4 Å². The Morgan fingerprint density at radius 2 is 1.78 bits per heavy atom. The molecule has 0 heterocycles. The fourth-order valence-electron chi connectivity index (χ4n) is 4.40. The zero-order valence-corrected chi connectivity index (χ0v) is 15.5. The molecule has 1 amide bonds. The zero-order valence-electron chi connectivity index (χ0n) is 15.5. The van der Waals surface area contributed by atoms with Gasteiger partial charge >= 0.3 is 6.09 Å². The van der Waals surface area contributed by atoms with Crippen molar-refractivity contribution < 1.29 is 9.53 Å². The molecule has 2 fully saturated rings. The quantitative estimate of drug-likeness (QED) is 0.525. The number of alkyl carbamates (subject to hydrolysis) is 1. The van der Waals surface area contributed by atoms with E-state index in [1.807, 2.05) is 0 Å². The molecule has 1 N–H and O–H groups in total. The average Bonchev–Trinajstić information content (AvgIpc) is 3.28. The van der Waals surface area contributed by atoms with Crippen LogP contribution in [0.4, 0.5) is 4.79 Å². The lowest BCUT2D eigenvalue weighted by Crippen LogP contribution is -2.42. The van der Waals surface area contributed by atoms with Gasteiger partial charge in [-0.1, -0.05) is 58.3 Å². The van der Waals surface area contributed by atoms with Crippen LogP contribution >= 0.6 is 0 Å². The van der Waals surface area contributed by atoms with Gasteiger partial charge in [0.1, 0.15) is 5.60 Å². The molecule has 3 atom stereocenters. The van der Waals surface area contributed by atoms with Gasteiger partial charge in [0.2, 0.25) is 0 Å². The molecular formula is C20H37NO2. The predicted molar refractivity (Wildman–Crippen MR) is 95.5 cm³/mol. The van der Waals surface area contributed by atoms with Gasteiger partial charge in [-0.2, -0.15) is 0 Å². The lowest BCUT2D eigenvalue weighted by Gasteiger charge is -2.36. The highest BCUT2D eigenvalue weighted by molar-refractivity contribution is 5.67.